The Bertz CT molecular complexity index is 360. The molecule has 0 bridgehead atoms. The number of ether oxygens (including phenoxy) is 1. The molecule has 3 nitrogen and oxygen atoms in total. The summed E-state index contributed by atoms with van der Waals surface area (Å²) in [5.74, 6) is 0.889. The Morgan fingerprint density at radius 2 is 1.89 bits per heavy atom. The highest BCUT2D eigenvalue weighted by molar-refractivity contribution is 5.28. The fourth-order valence-electron chi connectivity index (χ4n) is 1.98. The van der Waals surface area contributed by atoms with Crippen LogP contribution in [0.25, 0.3) is 0 Å². The zero-order chi connectivity index (χ0) is 14.3. The summed E-state index contributed by atoms with van der Waals surface area (Å²) in [6.45, 7) is 7.58. The number of aliphatic hydroxyl groups excluding tert-OH is 1. The van der Waals surface area contributed by atoms with Crippen LogP contribution < -0.4 is 10.1 Å². The van der Waals surface area contributed by atoms with Gasteiger partial charge in [-0.1, -0.05) is 26.0 Å². The minimum Gasteiger partial charge on any atom is -0.497 e. The van der Waals surface area contributed by atoms with Crippen molar-refractivity contribution in [1.82, 2.24) is 5.32 Å². The molecule has 0 aliphatic carbocycles. The van der Waals surface area contributed by atoms with Crippen LogP contribution in [0.3, 0.4) is 0 Å². The smallest absolute Gasteiger partial charge is 0.118 e. The highest BCUT2D eigenvalue weighted by Gasteiger charge is 2.15. The predicted octanol–water partition coefficient (Wildman–Crippen LogP) is 3.14. The van der Waals surface area contributed by atoms with Crippen molar-refractivity contribution in [2.45, 2.75) is 39.7 Å². The second kappa shape index (κ2) is 7.51. The molecule has 0 spiro atoms. The normalized spacial score (nSPS) is 13.3. The molecule has 0 aliphatic heterocycles. The molecule has 1 atom stereocenters. The molecular formula is C16H27NO2. The van der Waals surface area contributed by atoms with Crippen molar-refractivity contribution < 1.29 is 9.84 Å². The second-order valence-corrected chi connectivity index (χ2v) is 5.87. The maximum atomic E-state index is 9.20. The lowest BCUT2D eigenvalue weighted by molar-refractivity contribution is 0.147. The van der Waals surface area contributed by atoms with Crippen LogP contribution in [0.15, 0.2) is 24.3 Å². The molecule has 0 aromatic heterocycles. The van der Waals surface area contributed by atoms with Gasteiger partial charge < -0.3 is 15.2 Å². The Balaban J connectivity index is 2.32. The molecule has 0 heterocycles. The van der Waals surface area contributed by atoms with E-state index in [0.717, 1.165) is 25.1 Å². The topological polar surface area (TPSA) is 41.5 Å². The molecule has 2 N–H and O–H groups in total. The van der Waals surface area contributed by atoms with E-state index in [1.165, 1.54) is 5.56 Å². The van der Waals surface area contributed by atoms with Gasteiger partial charge in [-0.3, -0.25) is 0 Å². The number of nitrogens with one attached hydrogen (secondary N) is 1. The molecule has 0 saturated heterocycles. The first-order valence-electron chi connectivity index (χ1n) is 6.97. The standard InChI is InChI=1S/C16H27NO2/c1-13(14-6-8-15(19-4)9-7-14)17-11-5-10-16(2,3)12-18/h6-9,13,17-18H,5,10-12H2,1-4H3. The second-order valence-electron chi connectivity index (χ2n) is 5.87. The third-order valence-corrected chi connectivity index (χ3v) is 3.52. The average molecular weight is 265 g/mol. The van der Waals surface area contributed by atoms with Crippen molar-refractivity contribution in [1.29, 1.82) is 0 Å². The number of rotatable bonds is 8. The van der Waals surface area contributed by atoms with Crippen LogP contribution in [0.5, 0.6) is 5.75 Å². The quantitative estimate of drug-likeness (QED) is 0.710. The number of hydrogen-bond donors (Lipinski definition) is 2. The third kappa shape index (κ3) is 5.62. The van der Waals surface area contributed by atoms with Crippen LogP contribution in [0.4, 0.5) is 0 Å². The molecule has 3 heteroatoms. The average Bonchev–Trinajstić information content (AvgIpc) is 2.43. The monoisotopic (exact) mass is 265 g/mol. The maximum absolute atomic E-state index is 9.20. The highest BCUT2D eigenvalue weighted by atomic mass is 16.5. The van der Waals surface area contributed by atoms with Crippen LogP contribution in [0.2, 0.25) is 0 Å². The van der Waals surface area contributed by atoms with Gasteiger partial charge in [0.1, 0.15) is 5.75 Å². The minimum absolute atomic E-state index is 0.0328. The van der Waals surface area contributed by atoms with E-state index < -0.39 is 0 Å². The van der Waals surface area contributed by atoms with E-state index in [1.54, 1.807) is 7.11 Å². The SMILES string of the molecule is COc1ccc(C(C)NCCCC(C)(C)CO)cc1. The lowest BCUT2D eigenvalue weighted by Crippen LogP contribution is -2.23. The summed E-state index contributed by atoms with van der Waals surface area (Å²) in [7, 11) is 1.68. The summed E-state index contributed by atoms with van der Waals surface area (Å²) in [6, 6.07) is 8.50. The first kappa shape index (κ1) is 16.0. The molecule has 19 heavy (non-hydrogen) atoms. The fourth-order valence-corrected chi connectivity index (χ4v) is 1.98. The van der Waals surface area contributed by atoms with Crippen molar-refractivity contribution in [3.8, 4) is 5.75 Å². The van der Waals surface area contributed by atoms with Gasteiger partial charge in [0.25, 0.3) is 0 Å². The number of aliphatic hydroxyl groups is 1. The van der Waals surface area contributed by atoms with Gasteiger partial charge in [0.2, 0.25) is 0 Å². The van der Waals surface area contributed by atoms with E-state index in [-0.39, 0.29) is 12.0 Å². The Labute approximate surface area is 117 Å². The zero-order valence-corrected chi connectivity index (χ0v) is 12.6. The van der Waals surface area contributed by atoms with Crippen molar-refractivity contribution in [2.75, 3.05) is 20.3 Å². The van der Waals surface area contributed by atoms with Crippen molar-refractivity contribution in [3.63, 3.8) is 0 Å². The van der Waals surface area contributed by atoms with Crippen LogP contribution >= 0.6 is 0 Å². The van der Waals surface area contributed by atoms with E-state index in [9.17, 15) is 5.11 Å². The van der Waals surface area contributed by atoms with Crippen LogP contribution in [0, 0.1) is 5.41 Å². The largest absolute Gasteiger partial charge is 0.497 e. The van der Waals surface area contributed by atoms with E-state index >= 15 is 0 Å². The molecule has 1 rings (SSSR count). The molecule has 0 fully saturated rings. The van der Waals surface area contributed by atoms with E-state index in [0.29, 0.717) is 6.04 Å². The van der Waals surface area contributed by atoms with Crippen LogP contribution in [0.1, 0.15) is 45.2 Å². The van der Waals surface area contributed by atoms with E-state index in [2.05, 4.69) is 38.2 Å². The highest BCUT2D eigenvalue weighted by Crippen LogP contribution is 2.21. The Morgan fingerprint density at radius 3 is 2.42 bits per heavy atom. The predicted molar refractivity (Wildman–Crippen MR) is 79.5 cm³/mol. The Kier molecular flexibility index (Phi) is 6.32. The van der Waals surface area contributed by atoms with Gasteiger partial charge in [-0.05, 0) is 49.4 Å². The van der Waals surface area contributed by atoms with Gasteiger partial charge in [0, 0.05) is 12.6 Å². The van der Waals surface area contributed by atoms with Gasteiger partial charge in [-0.25, -0.2) is 0 Å². The van der Waals surface area contributed by atoms with Gasteiger partial charge in [-0.2, -0.15) is 0 Å². The minimum atomic E-state index is 0.0328. The van der Waals surface area contributed by atoms with Crippen molar-refractivity contribution in [3.05, 3.63) is 29.8 Å². The molecule has 1 unspecified atom stereocenters. The Morgan fingerprint density at radius 1 is 1.26 bits per heavy atom. The van der Waals surface area contributed by atoms with E-state index in [4.69, 9.17) is 4.74 Å². The van der Waals surface area contributed by atoms with Gasteiger partial charge in [0.15, 0.2) is 0 Å². The van der Waals surface area contributed by atoms with Crippen LogP contribution in [-0.4, -0.2) is 25.4 Å². The maximum Gasteiger partial charge on any atom is 0.118 e. The third-order valence-electron chi connectivity index (χ3n) is 3.52. The van der Waals surface area contributed by atoms with Crippen molar-refractivity contribution >= 4 is 0 Å². The molecule has 108 valence electrons. The molecular weight excluding hydrogens is 238 g/mol. The summed E-state index contributed by atoms with van der Waals surface area (Å²) in [6.07, 6.45) is 2.11. The van der Waals surface area contributed by atoms with Gasteiger partial charge >= 0.3 is 0 Å². The van der Waals surface area contributed by atoms with Crippen LogP contribution in [-0.2, 0) is 0 Å². The van der Waals surface area contributed by atoms with Crippen molar-refractivity contribution in [2.24, 2.45) is 5.41 Å². The number of hydrogen-bond acceptors (Lipinski definition) is 3. The zero-order valence-electron chi connectivity index (χ0n) is 12.6. The lowest BCUT2D eigenvalue weighted by Gasteiger charge is -2.22. The first-order chi connectivity index (χ1) is 8.98. The molecule has 0 saturated carbocycles. The summed E-state index contributed by atoms with van der Waals surface area (Å²) in [5, 5.41) is 12.7. The lowest BCUT2D eigenvalue weighted by atomic mass is 9.89. The van der Waals surface area contributed by atoms with Gasteiger partial charge in [-0.15, -0.1) is 0 Å². The van der Waals surface area contributed by atoms with Gasteiger partial charge in [0.05, 0.1) is 7.11 Å². The molecule has 0 amide bonds. The summed E-state index contributed by atoms with van der Waals surface area (Å²) < 4.78 is 5.15. The number of methoxy groups -OCH3 is 1. The molecule has 0 radical (unpaired) electrons. The summed E-state index contributed by atoms with van der Waals surface area (Å²) >= 11 is 0. The number of benzene rings is 1. The summed E-state index contributed by atoms with van der Waals surface area (Å²) in [4.78, 5) is 0. The molecule has 0 aliphatic rings. The molecule has 1 aromatic carbocycles. The Hall–Kier alpha value is -1.06. The molecule has 1 aromatic rings. The fraction of sp³-hybridized carbons (Fsp3) is 0.625. The summed E-state index contributed by atoms with van der Waals surface area (Å²) in [5.41, 5.74) is 1.30. The first-order valence-corrected chi connectivity index (χ1v) is 6.97. The van der Waals surface area contributed by atoms with E-state index in [1.807, 2.05) is 12.1 Å².